The Hall–Kier alpha value is -2.94. The van der Waals surface area contributed by atoms with Gasteiger partial charge in [0.05, 0.1) is 17.7 Å². The summed E-state index contributed by atoms with van der Waals surface area (Å²) in [7, 11) is 0. The molecule has 2 rings (SSSR count). The molecule has 0 saturated heterocycles. The molecular weight excluding hydrogens is 352 g/mol. The second-order valence-corrected chi connectivity index (χ2v) is 6.95. The van der Waals surface area contributed by atoms with Crippen LogP contribution in [-0.2, 0) is 4.74 Å². The Morgan fingerprint density at radius 3 is 2.37 bits per heavy atom. The highest BCUT2D eigenvalue weighted by Gasteiger charge is 2.42. The first-order chi connectivity index (χ1) is 12.6. The molecule has 0 spiro atoms. The van der Waals surface area contributed by atoms with Crippen LogP contribution in [0.1, 0.15) is 48.4 Å². The van der Waals surface area contributed by atoms with Crippen molar-refractivity contribution in [2.45, 2.75) is 33.2 Å². The molecule has 0 aliphatic carbocycles. The Morgan fingerprint density at radius 1 is 1.19 bits per heavy atom. The van der Waals surface area contributed by atoms with Crippen LogP contribution in [0.3, 0.4) is 0 Å². The Labute approximate surface area is 157 Å². The number of carbonyl (C=O) groups excluding carboxylic acids is 4. The van der Waals surface area contributed by atoms with E-state index in [1.54, 1.807) is 27.7 Å². The van der Waals surface area contributed by atoms with Crippen LogP contribution in [0.2, 0.25) is 0 Å². The minimum Gasteiger partial charge on any atom is -0.449 e. The first kappa shape index (κ1) is 20.4. The highest BCUT2D eigenvalue weighted by Crippen LogP contribution is 2.31. The number of hydrogen-bond donors (Lipinski definition) is 2. The number of urea groups is 1. The lowest BCUT2D eigenvalue weighted by atomic mass is 10.1. The predicted octanol–water partition coefficient (Wildman–Crippen LogP) is 2.03. The lowest BCUT2D eigenvalue weighted by Crippen LogP contribution is -2.45. The third-order valence-corrected chi connectivity index (χ3v) is 3.89. The fourth-order valence-corrected chi connectivity index (χ4v) is 2.73. The Balaban J connectivity index is 2.25. The second-order valence-electron chi connectivity index (χ2n) is 6.95. The van der Waals surface area contributed by atoms with E-state index in [-0.39, 0.29) is 42.4 Å². The second kappa shape index (κ2) is 7.75. The predicted molar refractivity (Wildman–Crippen MR) is 98.5 cm³/mol. The molecule has 9 heteroatoms. The summed E-state index contributed by atoms with van der Waals surface area (Å²) < 4.78 is 4.84. The molecule has 0 unspecified atom stereocenters. The van der Waals surface area contributed by atoms with Gasteiger partial charge in [0, 0.05) is 24.3 Å². The molecule has 9 nitrogen and oxygen atoms in total. The summed E-state index contributed by atoms with van der Waals surface area (Å²) in [6, 6.07) is 3.67. The van der Waals surface area contributed by atoms with Gasteiger partial charge in [-0.3, -0.25) is 14.5 Å². The van der Waals surface area contributed by atoms with Crippen molar-refractivity contribution >= 4 is 29.6 Å². The maximum Gasteiger partial charge on any atom is 0.418 e. The van der Waals surface area contributed by atoms with Gasteiger partial charge in [0.2, 0.25) is 0 Å². The molecule has 0 aromatic heterocycles. The molecule has 27 heavy (non-hydrogen) atoms. The van der Waals surface area contributed by atoms with Crippen molar-refractivity contribution in [2.75, 3.05) is 25.0 Å². The average Bonchev–Trinajstić information content (AvgIpc) is 2.83. The zero-order chi connectivity index (χ0) is 20.4. The maximum atomic E-state index is 12.6. The van der Waals surface area contributed by atoms with Crippen molar-refractivity contribution in [1.29, 1.82) is 0 Å². The molecule has 0 saturated carbocycles. The number of hydrogen-bond acceptors (Lipinski definition) is 6. The van der Waals surface area contributed by atoms with Crippen molar-refractivity contribution in [3.63, 3.8) is 0 Å². The summed E-state index contributed by atoms with van der Waals surface area (Å²) in [6.45, 7) is 7.09. The van der Waals surface area contributed by atoms with Crippen molar-refractivity contribution in [1.82, 2.24) is 9.80 Å². The smallest absolute Gasteiger partial charge is 0.418 e. The van der Waals surface area contributed by atoms with Crippen molar-refractivity contribution in [3.05, 3.63) is 29.3 Å². The topological polar surface area (TPSA) is 122 Å². The molecule has 0 bridgehead atoms. The first-order valence-corrected chi connectivity index (χ1v) is 8.60. The summed E-state index contributed by atoms with van der Waals surface area (Å²) >= 11 is 0. The molecule has 1 aromatic carbocycles. The molecular formula is C18H24N4O5. The minimum atomic E-state index is -0.813. The van der Waals surface area contributed by atoms with Crippen LogP contribution in [0.5, 0.6) is 0 Å². The molecule has 0 fully saturated rings. The first-order valence-electron chi connectivity index (χ1n) is 8.60. The largest absolute Gasteiger partial charge is 0.449 e. The van der Waals surface area contributed by atoms with E-state index in [2.05, 4.69) is 5.32 Å². The highest BCUT2D eigenvalue weighted by molar-refractivity contribution is 6.22. The van der Waals surface area contributed by atoms with Gasteiger partial charge in [0.25, 0.3) is 11.8 Å². The zero-order valence-electron chi connectivity index (χ0n) is 15.9. The summed E-state index contributed by atoms with van der Waals surface area (Å²) in [4.78, 5) is 51.4. The van der Waals surface area contributed by atoms with Crippen LogP contribution in [0, 0.1) is 0 Å². The van der Waals surface area contributed by atoms with Crippen LogP contribution in [0.15, 0.2) is 18.2 Å². The number of imide groups is 2. The Morgan fingerprint density at radius 2 is 1.81 bits per heavy atom. The third kappa shape index (κ3) is 4.08. The van der Waals surface area contributed by atoms with Gasteiger partial charge in [0.1, 0.15) is 0 Å². The van der Waals surface area contributed by atoms with Crippen LogP contribution < -0.4 is 11.1 Å². The number of amides is 5. The summed E-state index contributed by atoms with van der Waals surface area (Å²) in [6.07, 6.45) is -0.813. The van der Waals surface area contributed by atoms with Crippen LogP contribution in [0.25, 0.3) is 0 Å². The monoisotopic (exact) mass is 376 g/mol. The zero-order valence-corrected chi connectivity index (χ0v) is 15.9. The number of nitrogens with one attached hydrogen (secondary N) is 1. The normalized spacial score (nSPS) is 13.4. The lowest BCUT2D eigenvalue weighted by molar-refractivity contribution is 0.0507. The summed E-state index contributed by atoms with van der Waals surface area (Å²) in [5.74, 6) is -0.806. The number of anilines is 1. The molecule has 0 radical (unpaired) electrons. The SMILES string of the molecule is CCOC(=O)N(CCN)C(=O)Nc1ccc2c(c1)C(=O)N(C(C)(C)C)C2=O. The van der Waals surface area contributed by atoms with Crippen molar-refractivity contribution in [2.24, 2.45) is 5.73 Å². The fraction of sp³-hybridized carbons (Fsp3) is 0.444. The van der Waals surface area contributed by atoms with E-state index in [1.807, 2.05) is 0 Å². The van der Waals surface area contributed by atoms with Crippen LogP contribution >= 0.6 is 0 Å². The number of rotatable bonds is 4. The quantitative estimate of drug-likeness (QED) is 0.775. The van der Waals surface area contributed by atoms with Crippen LogP contribution in [-0.4, -0.2) is 59.0 Å². The summed E-state index contributed by atoms with van der Waals surface area (Å²) in [5.41, 5.74) is 5.53. The van der Waals surface area contributed by atoms with Gasteiger partial charge in [-0.05, 0) is 45.9 Å². The molecule has 3 N–H and O–H groups in total. The molecule has 146 valence electrons. The number of benzene rings is 1. The van der Waals surface area contributed by atoms with E-state index < -0.39 is 23.6 Å². The fourth-order valence-electron chi connectivity index (χ4n) is 2.73. The Kier molecular flexibility index (Phi) is 5.85. The number of nitrogens with zero attached hydrogens (tertiary/aromatic N) is 2. The van der Waals surface area contributed by atoms with Gasteiger partial charge in [-0.2, -0.15) is 0 Å². The van der Waals surface area contributed by atoms with Gasteiger partial charge >= 0.3 is 12.1 Å². The highest BCUT2D eigenvalue weighted by atomic mass is 16.6. The standard InChI is InChI=1S/C18H24N4O5/c1-5-27-17(26)21(9-8-19)16(25)20-11-6-7-12-13(10-11)15(24)22(14(12)23)18(2,3)4/h6-7,10H,5,8-9,19H2,1-4H3,(H,20,25). The van der Waals surface area contributed by atoms with E-state index >= 15 is 0 Å². The number of nitrogens with two attached hydrogens (primary N) is 1. The van der Waals surface area contributed by atoms with E-state index in [9.17, 15) is 19.2 Å². The number of fused-ring (bicyclic) bond motifs is 1. The number of ether oxygens (including phenoxy) is 1. The van der Waals surface area contributed by atoms with Crippen LogP contribution in [0.4, 0.5) is 15.3 Å². The van der Waals surface area contributed by atoms with E-state index in [4.69, 9.17) is 10.5 Å². The molecule has 1 heterocycles. The molecule has 1 aliphatic heterocycles. The molecule has 1 aliphatic rings. The van der Waals surface area contributed by atoms with Gasteiger partial charge in [-0.1, -0.05) is 0 Å². The van der Waals surface area contributed by atoms with Gasteiger partial charge in [0.15, 0.2) is 0 Å². The van der Waals surface area contributed by atoms with E-state index in [1.165, 1.54) is 23.1 Å². The Bertz CT molecular complexity index is 784. The molecule has 5 amide bonds. The molecule has 0 atom stereocenters. The lowest BCUT2D eigenvalue weighted by Gasteiger charge is -2.29. The van der Waals surface area contributed by atoms with Crippen molar-refractivity contribution in [3.8, 4) is 0 Å². The maximum absolute atomic E-state index is 12.6. The summed E-state index contributed by atoms with van der Waals surface area (Å²) in [5, 5.41) is 2.53. The number of carbonyl (C=O) groups is 4. The van der Waals surface area contributed by atoms with Crippen molar-refractivity contribution < 1.29 is 23.9 Å². The van der Waals surface area contributed by atoms with E-state index in [0.717, 1.165) is 4.90 Å². The third-order valence-electron chi connectivity index (χ3n) is 3.89. The van der Waals surface area contributed by atoms with E-state index in [0.29, 0.717) is 0 Å². The molecule has 1 aromatic rings. The van der Waals surface area contributed by atoms with Gasteiger partial charge < -0.3 is 15.8 Å². The minimum absolute atomic E-state index is 0.0230. The average molecular weight is 376 g/mol. The van der Waals surface area contributed by atoms with Gasteiger partial charge in [-0.25, -0.2) is 14.5 Å². The van der Waals surface area contributed by atoms with Gasteiger partial charge in [-0.15, -0.1) is 0 Å².